The summed E-state index contributed by atoms with van der Waals surface area (Å²) in [6.07, 6.45) is 0.542. The van der Waals surface area contributed by atoms with E-state index >= 15 is 0 Å². The topological polar surface area (TPSA) is 102 Å². The zero-order chi connectivity index (χ0) is 26.2. The summed E-state index contributed by atoms with van der Waals surface area (Å²) in [4.78, 5) is 34.5. The van der Waals surface area contributed by atoms with E-state index in [0.717, 1.165) is 39.0 Å². The summed E-state index contributed by atoms with van der Waals surface area (Å²) in [5.74, 6) is -1.08. The van der Waals surface area contributed by atoms with Crippen molar-refractivity contribution in [2.24, 2.45) is 5.10 Å². The van der Waals surface area contributed by atoms with Crippen molar-refractivity contribution in [2.45, 2.75) is 26.3 Å². The molecule has 3 heterocycles. The van der Waals surface area contributed by atoms with Gasteiger partial charge < -0.3 is 4.74 Å². The third kappa shape index (κ3) is 4.39. The highest BCUT2D eigenvalue weighted by atomic mass is 16.5. The first kappa shape index (κ1) is 23.5. The maximum Gasteiger partial charge on any atom is 0.378 e. The van der Waals surface area contributed by atoms with Gasteiger partial charge in [-0.3, -0.25) is 4.79 Å². The number of amides is 1. The number of ether oxygens (including phenoxy) is 1. The summed E-state index contributed by atoms with van der Waals surface area (Å²) >= 11 is 0. The largest absolute Gasteiger partial charge is 0.450 e. The normalized spacial score (nSPS) is 15.2. The third-order valence-electron chi connectivity index (χ3n) is 6.56. The van der Waals surface area contributed by atoms with Crippen LogP contribution < -0.4 is 0 Å². The van der Waals surface area contributed by atoms with E-state index in [0.29, 0.717) is 12.2 Å². The molecule has 2 aromatic heterocycles. The highest BCUT2D eigenvalue weighted by Crippen LogP contribution is 2.33. The molecule has 0 saturated carbocycles. The van der Waals surface area contributed by atoms with Crippen LogP contribution in [0.25, 0.3) is 16.6 Å². The van der Waals surface area contributed by atoms with Crippen molar-refractivity contribution in [2.75, 3.05) is 6.61 Å². The van der Waals surface area contributed by atoms with Gasteiger partial charge >= 0.3 is 5.97 Å². The Morgan fingerprint density at radius 3 is 2.50 bits per heavy atom. The first-order chi connectivity index (χ1) is 18.5. The summed E-state index contributed by atoms with van der Waals surface area (Å²) in [6, 6.07) is 25.5. The van der Waals surface area contributed by atoms with E-state index in [1.54, 1.807) is 0 Å². The van der Waals surface area contributed by atoms with Gasteiger partial charge in [-0.15, -0.1) is 5.10 Å². The Balaban J connectivity index is 1.24. The molecule has 0 saturated heterocycles. The van der Waals surface area contributed by atoms with E-state index in [-0.39, 0.29) is 11.9 Å². The predicted molar refractivity (Wildman–Crippen MR) is 142 cm³/mol. The molecule has 0 radical (unpaired) electrons. The van der Waals surface area contributed by atoms with Crippen molar-refractivity contribution in [3.8, 4) is 0 Å². The second kappa shape index (κ2) is 9.51. The zero-order valence-corrected chi connectivity index (χ0v) is 20.9. The second-order valence-corrected chi connectivity index (χ2v) is 9.24. The fourth-order valence-corrected chi connectivity index (χ4v) is 4.73. The molecule has 0 N–H and O–H groups in total. The van der Waals surface area contributed by atoms with Crippen LogP contribution in [0.4, 0.5) is 0 Å². The lowest BCUT2D eigenvalue weighted by molar-refractivity contribution is -0.136. The van der Waals surface area contributed by atoms with Crippen molar-refractivity contribution >= 4 is 34.1 Å². The molecule has 1 amide bonds. The first-order valence-corrected chi connectivity index (χ1v) is 12.3. The van der Waals surface area contributed by atoms with Crippen molar-refractivity contribution in [3.05, 3.63) is 107 Å². The number of hydrogen-bond donors (Lipinski definition) is 0. The molecule has 3 aromatic carbocycles. The number of esters is 1. The summed E-state index contributed by atoms with van der Waals surface area (Å²) in [5.41, 5.74) is 4.24. The predicted octanol–water partition coefficient (Wildman–Crippen LogP) is 4.43. The SMILES string of the molecule is Cc1cc(C)n2nc(C(=O)OCC(=O)N3N=C(c4ccc5ccccc5c4)CC3c3ccccc3)nc2n1. The Hall–Kier alpha value is -4.92. The number of hydrazone groups is 1. The first-order valence-electron chi connectivity index (χ1n) is 12.3. The number of fused-ring (bicyclic) bond motifs is 2. The van der Waals surface area contributed by atoms with Crippen LogP contribution in [0.15, 0.2) is 84.0 Å². The number of carbonyl (C=O) groups is 2. The molecule has 188 valence electrons. The molecule has 1 aliphatic rings. The number of rotatable bonds is 5. The maximum absolute atomic E-state index is 13.3. The van der Waals surface area contributed by atoms with Crippen LogP contribution in [0.5, 0.6) is 0 Å². The van der Waals surface area contributed by atoms with E-state index in [4.69, 9.17) is 9.84 Å². The summed E-state index contributed by atoms with van der Waals surface area (Å²) in [7, 11) is 0. The van der Waals surface area contributed by atoms with E-state index in [9.17, 15) is 9.59 Å². The number of hydrogen-bond acceptors (Lipinski definition) is 7. The highest BCUT2D eigenvalue weighted by molar-refractivity contribution is 6.05. The quantitative estimate of drug-likeness (QED) is 0.328. The maximum atomic E-state index is 13.3. The Morgan fingerprint density at radius 1 is 0.921 bits per heavy atom. The number of aryl methyl sites for hydroxylation is 2. The lowest BCUT2D eigenvalue weighted by Crippen LogP contribution is -2.31. The zero-order valence-electron chi connectivity index (χ0n) is 20.9. The third-order valence-corrected chi connectivity index (χ3v) is 6.56. The molecule has 5 aromatic rings. The van der Waals surface area contributed by atoms with E-state index in [2.05, 4.69) is 39.3 Å². The molecular weight excluding hydrogens is 480 g/mol. The molecule has 0 fully saturated rings. The molecule has 1 aliphatic heterocycles. The highest BCUT2D eigenvalue weighted by Gasteiger charge is 2.34. The van der Waals surface area contributed by atoms with Crippen LogP contribution in [-0.2, 0) is 9.53 Å². The van der Waals surface area contributed by atoms with Gasteiger partial charge in [0, 0.05) is 17.8 Å². The Bertz CT molecular complexity index is 1730. The van der Waals surface area contributed by atoms with Crippen molar-refractivity contribution in [1.29, 1.82) is 0 Å². The van der Waals surface area contributed by atoms with Gasteiger partial charge in [0.25, 0.3) is 17.5 Å². The minimum Gasteiger partial charge on any atom is -0.450 e. The van der Waals surface area contributed by atoms with Crippen LogP contribution in [0.2, 0.25) is 0 Å². The van der Waals surface area contributed by atoms with Gasteiger partial charge in [-0.05, 0) is 47.9 Å². The number of carbonyl (C=O) groups excluding carboxylic acids is 2. The molecule has 0 spiro atoms. The molecule has 1 atom stereocenters. The average Bonchev–Trinajstić information content (AvgIpc) is 3.57. The Labute approximate surface area is 218 Å². The fraction of sp³-hybridized carbons (Fsp3) is 0.172. The van der Waals surface area contributed by atoms with Crippen molar-refractivity contribution < 1.29 is 14.3 Å². The molecular formula is C29H24N6O3. The number of benzene rings is 3. The van der Waals surface area contributed by atoms with Gasteiger partial charge in [-0.1, -0.05) is 66.7 Å². The van der Waals surface area contributed by atoms with Crippen LogP contribution in [0.3, 0.4) is 0 Å². The van der Waals surface area contributed by atoms with E-state index in [1.807, 2.05) is 68.4 Å². The molecule has 38 heavy (non-hydrogen) atoms. The van der Waals surface area contributed by atoms with Crippen LogP contribution in [0.1, 0.15) is 45.6 Å². The summed E-state index contributed by atoms with van der Waals surface area (Å²) in [5, 5.41) is 12.5. The minimum absolute atomic E-state index is 0.152. The minimum atomic E-state index is -0.796. The van der Waals surface area contributed by atoms with Crippen LogP contribution in [-0.4, -0.2) is 48.8 Å². The molecule has 9 heteroatoms. The monoisotopic (exact) mass is 504 g/mol. The summed E-state index contributed by atoms with van der Waals surface area (Å²) < 4.78 is 6.79. The van der Waals surface area contributed by atoms with Crippen LogP contribution in [0, 0.1) is 13.8 Å². The number of nitrogens with zero attached hydrogens (tertiary/aromatic N) is 6. The molecule has 6 rings (SSSR count). The van der Waals surface area contributed by atoms with Crippen molar-refractivity contribution in [1.82, 2.24) is 24.6 Å². The van der Waals surface area contributed by atoms with Gasteiger partial charge in [0.1, 0.15) is 0 Å². The van der Waals surface area contributed by atoms with Gasteiger partial charge in [-0.25, -0.2) is 19.3 Å². The average molecular weight is 505 g/mol. The molecule has 0 aliphatic carbocycles. The Morgan fingerprint density at radius 2 is 1.68 bits per heavy atom. The lowest BCUT2D eigenvalue weighted by Gasteiger charge is -2.21. The van der Waals surface area contributed by atoms with Gasteiger partial charge in [0.2, 0.25) is 0 Å². The van der Waals surface area contributed by atoms with Gasteiger partial charge in [0.15, 0.2) is 6.61 Å². The molecule has 0 bridgehead atoms. The smallest absolute Gasteiger partial charge is 0.378 e. The van der Waals surface area contributed by atoms with Crippen molar-refractivity contribution in [3.63, 3.8) is 0 Å². The molecule has 1 unspecified atom stereocenters. The second-order valence-electron chi connectivity index (χ2n) is 9.24. The Kier molecular flexibility index (Phi) is 5.88. The number of aromatic nitrogens is 4. The standard InChI is InChI=1S/C29H24N6O3/c1-18-14-19(2)34-29(30-18)31-27(33-34)28(37)38-17-26(36)35-25(21-9-4-3-5-10-21)16-24(32-35)23-13-12-20-8-6-7-11-22(20)15-23/h3-15,25H,16-17H2,1-2H3. The van der Waals surface area contributed by atoms with E-state index < -0.39 is 18.5 Å². The fourth-order valence-electron chi connectivity index (χ4n) is 4.73. The van der Waals surface area contributed by atoms with E-state index in [1.165, 1.54) is 9.52 Å². The lowest BCUT2D eigenvalue weighted by atomic mass is 9.97. The summed E-state index contributed by atoms with van der Waals surface area (Å²) in [6.45, 7) is 3.19. The molecule has 9 nitrogen and oxygen atoms in total. The van der Waals surface area contributed by atoms with Gasteiger partial charge in [-0.2, -0.15) is 10.1 Å². The van der Waals surface area contributed by atoms with Gasteiger partial charge in [0.05, 0.1) is 11.8 Å². The van der Waals surface area contributed by atoms with Crippen LogP contribution >= 0.6 is 0 Å².